The molecule has 28 heavy (non-hydrogen) atoms. The fourth-order valence-electron chi connectivity index (χ4n) is 3.06. The zero-order valence-corrected chi connectivity index (χ0v) is 16.5. The highest BCUT2D eigenvalue weighted by molar-refractivity contribution is 6.42. The van der Waals surface area contributed by atoms with Crippen LogP contribution >= 0.6 is 23.2 Å². The summed E-state index contributed by atoms with van der Waals surface area (Å²) in [7, 11) is 0. The summed E-state index contributed by atoms with van der Waals surface area (Å²) in [5.74, 6) is -2.67. The molecule has 6 nitrogen and oxygen atoms in total. The predicted molar refractivity (Wildman–Crippen MR) is 106 cm³/mol. The van der Waals surface area contributed by atoms with E-state index in [1.807, 2.05) is 12.1 Å². The molecule has 0 radical (unpaired) electrons. The number of carbonyl (C=O) groups excluding carboxylic acids is 3. The normalized spacial score (nSPS) is 16.5. The largest absolute Gasteiger partial charge is 0.355 e. The average molecular weight is 420 g/mol. The summed E-state index contributed by atoms with van der Waals surface area (Å²) in [5.41, 5.74) is 1.82. The molecule has 3 rings (SSSR count). The number of amides is 2. The molecule has 1 aliphatic rings. The molecule has 2 heterocycles. The summed E-state index contributed by atoms with van der Waals surface area (Å²) < 4.78 is 0. The second-order valence-electron chi connectivity index (χ2n) is 6.61. The van der Waals surface area contributed by atoms with Crippen LogP contribution in [0.5, 0.6) is 0 Å². The molecule has 1 atom stereocenters. The summed E-state index contributed by atoms with van der Waals surface area (Å²) in [6.45, 7) is 0.754. The molecular weight excluding hydrogens is 401 g/mol. The van der Waals surface area contributed by atoms with E-state index in [1.54, 1.807) is 30.6 Å². The zero-order valence-electron chi connectivity index (χ0n) is 15.0. The van der Waals surface area contributed by atoms with Gasteiger partial charge in [0.1, 0.15) is 5.92 Å². The first-order chi connectivity index (χ1) is 13.5. The van der Waals surface area contributed by atoms with Gasteiger partial charge < -0.3 is 10.2 Å². The Balaban J connectivity index is 1.48. The maximum absolute atomic E-state index is 12.3. The van der Waals surface area contributed by atoms with Crippen molar-refractivity contribution in [3.63, 3.8) is 0 Å². The lowest BCUT2D eigenvalue weighted by molar-refractivity contribution is -0.142. The third-order valence-corrected chi connectivity index (χ3v) is 5.29. The third-order valence-electron chi connectivity index (χ3n) is 4.56. The molecular formula is C20H19Cl2N3O3. The number of benzene rings is 1. The van der Waals surface area contributed by atoms with Gasteiger partial charge in [-0.05, 0) is 42.2 Å². The summed E-state index contributed by atoms with van der Waals surface area (Å²) in [6.07, 6.45) is 4.66. The van der Waals surface area contributed by atoms with E-state index < -0.39 is 23.5 Å². The minimum atomic E-state index is -0.964. The van der Waals surface area contributed by atoms with Crippen molar-refractivity contribution in [2.75, 3.05) is 13.1 Å². The van der Waals surface area contributed by atoms with Gasteiger partial charge >= 0.3 is 0 Å². The third kappa shape index (κ3) is 4.88. The van der Waals surface area contributed by atoms with Crippen LogP contribution in [0.25, 0.3) is 0 Å². The number of Topliss-reactive ketones (excluding diaryl/α,β-unsaturated/α-hetero) is 1. The quantitative estimate of drug-likeness (QED) is 0.425. The van der Waals surface area contributed by atoms with Gasteiger partial charge in [-0.15, -0.1) is 0 Å². The number of carbonyl (C=O) groups is 3. The number of rotatable bonds is 7. The van der Waals surface area contributed by atoms with Gasteiger partial charge in [-0.25, -0.2) is 0 Å². The van der Waals surface area contributed by atoms with E-state index in [0.717, 1.165) is 11.1 Å². The Morgan fingerprint density at radius 2 is 2.00 bits per heavy atom. The van der Waals surface area contributed by atoms with Crippen LogP contribution in [0.15, 0.2) is 42.7 Å². The highest BCUT2D eigenvalue weighted by atomic mass is 35.5. The minimum Gasteiger partial charge on any atom is -0.355 e. The summed E-state index contributed by atoms with van der Waals surface area (Å²) in [5, 5.41) is 3.74. The van der Waals surface area contributed by atoms with Gasteiger partial charge in [0.2, 0.25) is 11.7 Å². The average Bonchev–Trinajstić information content (AvgIpc) is 2.97. The topological polar surface area (TPSA) is 79.4 Å². The second kappa shape index (κ2) is 9.17. The molecule has 0 saturated carbocycles. The van der Waals surface area contributed by atoms with E-state index >= 15 is 0 Å². The van der Waals surface area contributed by atoms with Crippen LogP contribution in [0, 0.1) is 5.92 Å². The summed E-state index contributed by atoms with van der Waals surface area (Å²) in [4.78, 5) is 42.1. The number of aromatic nitrogens is 1. The number of nitrogens with one attached hydrogen (secondary N) is 1. The van der Waals surface area contributed by atoms with E-state index in [2.05, 4.69) is 10.3 Å². The maximum atomic E-state index is 12.3. The van der Waals surface area contributed by atoms with Crippen molar-refractivity contribution in [1.29, 1.82) is 0 Å². The van der Waals surface area contributed by atoms with Crippen molar-refractivity contribution in [1.82, 2.24) is 15.2 Å². The van der Waals surface area contributed by atoms with Crippen molar-refractivity contribution in [3.8, 4) is 0 Å². The number of pyridine rings is 1. The van der Waals surface area contributed by atoms with Crippen LogP contribution in [-0.4, -0.2) is 40.6 Å². The lowest BCUT2D eigenvalue weighted by Crippen LogP contribution is -2.36. The number of ketones is 1. The van der Waals surface area contributed by atoms with Crippen molar-refractivity contribution in [2.24, 2.45) is 5.92 Å². The van der Waals surface area contributed by atoms with Crippen molar-refractivity contribution < 1.29 is 14.4 Å². The molecule has 1 saturated heterocycles. The lowest BCUT2D eigenvalue weighted by atomic mass is 10.1. The summed E-state index contributed by atoms with van der Waals surface area (Å²) in [6, 6.07) is 8.99. The molecule has 1 unspecified atom stereocenters. The molecule has 0 spiro atoms. The fraction of sp³-hybridized carbons (Fsp3) is 0.300. The van der Waals surface area contributed by atoms with Gasteiger partial charge in [-0.2, -0.15) is 0 Å². The lowest BCUT2D eigenvalue weighted by Gasteiger charge is -2.15. The number of hydrogen-bond acceptors (Lipinski definition) is 4. The van der Waals surface area contributed by atoms with E-state index in [1.165, 1.54) is 4.90 Å². The Labute approximate surface area is 172 Å². The number of nitrogens with zero attached hydrogens (tertiary/aromatic N) is 2. The molecule has 2 amide bonds. The van der Waals surface area contributed by atoms with Crippen LogP contribution in [0.3, 0.4) is 0 Å². The van der Waals surface area contributed by atoms with Crippen molar-refractivity contribution in [2.45, 2.75) is 19.4 Å². The Bertz CT molecular complexity index is 890. The van der Waals surface area contributed by atoms with E-state index in [4.69, 9.17) is 23.2 Å². The van der Waals surface area contributed by atoms with E-state index in [-0.39, 0.29) is 13.1 Å². The number of hydrogen-bond donors (Lipinski definition) is 1. The van der Waals surface area contributed by atoms with Gasteiger partial charge in [0.25, 0.3) is 5.91 Å². The molecule has 1 fully saturated rings. The highest BCUT2D eigenvalue weighted by Crippen LogP contribution is 2.23. The SMILES string of the molecule is O=C(NCCCc1ccc(Cl)c(Cl)c1)C1CN(Cc2cccnc2)C(=O)C1=O. The Hall–Kier alpha value is -2.44. The fourth-order valence-corrected chi connectivity index (χ4v) is 3.38. The second-order valence-corrected chi connectivity index (χ2v) is 7.42. The first-order valence-electron chi connectivity index (χ1n) is 8.89. The van der Waals surface area contributed by atoms with Gasteiger partial charge in [0.05, 0.1) is 10.0 Å². The Kier molecular flexibility index (Phi) is 6.65. The molecule has 0 bridgehead atoms. The van der Waals surface area contributed by atoms with Crippen LogP contribution in [-0.2, 0) is 27.3 Å². The maximum Gasteiger partial charge on any atom is 0.291 e. The predicted octanol–water partition coefficient (Wildman–Crippen LogP) is 2.66. The smallest absolute Gasteiger partial charge is 0.291 e. The number of halogens is 2. The van der Waals surface area contributed by atoms with Crippen LogP contribution < -0.4 is 5.32 Å². The van der Waals surface area contributed by atoms with E-state index in [0.29, 0.717) is 29.4 Å². The van der Waals surface area contributed by atoms with Gasteiger partial charge in [0, 0.05) is 32.0 Å². The first kappa shape index (κ1) is 20.3. The molecule has 0 aliphatic carbocycles. The zero-order chi connectivity index (χ0) is 20.1. The van der Waals surface area contributed by atoms with E-state index in [9.17, 15) is 14.4 Å². The molecule has 1 N–H and O–H groups in total. The van der Waals surface area contributed by atoms with Gasteiger partial charge in [-0.3, -0.25) is 19.4 Å². The highest BCUT2D eigenvalue weighted by Gasteiger charge is 2.42. The van der Waals surface area contributed by atoms with Crippen molar-refractivity contribution in [3.05, 3.63) is 63.9 Å². The van der Waals surface area contributed by atoms with Gasteiger partial charge in [-0.1, -0.05) is 35.3 Å². The van der Waals surface area contributed by atoms with Crippen molar-refractivity contribution >= 4 is 40.8 Å². The molecule has 8 heteroatoms. The molecule has 2 aromatic rings. The molecule has 1 aliphatic heterocycles. The Morgan fingerprint density at radius 3 is 2.71 bits per heavy atom. The monoisotopic (exact) mass is 419 g/mol. The number of likely N-dealkylation sites (tertiary alicyclic amines) is 1. The Morgan fingerprint density at radius 1 is 1.18 bits per heavy atom. The molecule has 1 aromatic carbocycles. The molecule has 1 aromatic heterocycles. The number of aryl methyl sites for hydroxylation is 1. The summed E-state index contributed by atoms with van der Waals surface area (Å²) >= 11 is 11.9. The first-order valence-corrected chi connectivity index (χ1v) is 9.65. The van der Waals surface area contributed by atoms with Crippen LogP contribution in [0.2, 0.25) is 10.0 Å². The minimum absolute atomic E-state index is 0.0885. The molecule has 146 valence electrons. The van der Waals surface area contributed by atoms with Crippen LogP contribution in [0.1, 0.15) is 17.5 Å². The van der Waals surface area contributed by atoms with Gasteiger partial charge in [0.15, 0.2) is 0 Å². The van der Waals surface area contributed by atoms with Crippen LogP contribution in [0.4, 0.5) is 0 Å². The standard InChI is InChI=1S/C20H19Cl2N3O3/c21-16-6-5-13(9-17(16)22)3-2-8-24-19(27)15-12-25(20(28)18(15)26)11-14-4-1-7-23-10-14/h1,4-7,9-10,15H,2-3,8,11-12H2,(H,24,27).